The van der Waals surface area contributed by atoms with E-state index in [1.165, 1.54) is 0 Å². The second kappa shape index (κ2) is 7.66. The number of rotatable bonds is 7. The third kappa shape index (κ3) is 3.75. The molecule has 5 nitrogen and oxygen atoms in total. The Labute approximate surface area is 141 Å². The molecule has 2 N–H and O–H groups in total. The molecule has 0 aliphatic carbocycles. The lowest BCUT2D eigenvalue weighted by molar-refractivity contribution is 0.267. The Hall–Kier alpha value is -2.79. The Balaban J connectivity index is 1.71. The predicted molar refractivity (Wildman–Crippen MR) is 94.4 cm³/mol. The van der Waals surface area contributed by atoms with Gasteiger partial charge in [-0.2, -0.15) is 5.10 Å². The van der Waals surface area contributed by atoms with Crippen LogP contribution in [0.25, 0.3) is 5.69 Å². The third-order valence-corrected chi connectivity index (χ3v) is 3.71. The van der Waals surface area contributed by atoms with Crippen LogP contribution in [0.4, 0.5) is 5.69 Å². The molecular formula is C19H21N3O2. The largest absolute Gasteiger partial charge is 0.494 e. The third-order valence-electron chi connectivity index (χ3n) is 3.71. The Morgan fingerprint density at radius 3 is 2.83 bits per heavy atom. The minimum Gasteiger partial charge on any atom is -0.494 e. The predicted octanol–water partition coefficient (Wildman–Crippen LogP) is 3.38. The smallest absolute Gasteiger partial charge is 0.124 e. The summed E-state index contributed by atoms with van der Waals surface area (Å²) >= 11 is 0. The molecule has 1 aromatic heterocycles. The number of hydrogen-bond acceptors (Lipinski definition) is 4. The number of anilines is 1. The molecule has 0 unspecified atom stereocenters. The van der Waals surface area contributed by atoms with Crippen molar-refractivity contribution in [2.24, 2.45) is 0 Å². The Morgan fingerprint density at radius 1 is 1.17 bits per heavy atom. The molecule has 24 heavy (non-hydrogen) atoms. The van der Waals surface area contributed by atoms with Gasteiger partial charge in [-0.3, -0.25) is 0 Å². The van der Waals surface area contributed by atoms with Crippen molar-refractivity contribution in [1.29, 1.82) is 0 Å². The average Bonchev–Trinajstić information content (AvgIpc) is 3.16. The Kier molecular flexibility index (Phi) is 5.13. The fourth-order valence-electron chi connectivity index (χ4n) is 2.54. The zero-order chi connectivity index (χ0) is 16.8. The van der Waals surface area contributed by atoms with Gasteiger partial charge in [0.25, 0.3) is 0 Å². The van der Waals surface area contributed by atoms with Crippen molar-refractivity contribution < 1.29 is 9.84 Å². The Morgan fingerprint density at radius 2 is 2.08 bits per heavy atom. The number of aromatic nitrogens is 2. The van der Waals surface area contributed by atoms with Gasteiger partial charge in [0, 0.05) is 30.2 Å². The summed E-state index contributed by atoms with van der Waals surface area (Å²) in [6.45, 7) is 3.16. The second-order valence-electron chi connectivity index (χ2n) is 5.39. The van der Waals surface area contributed by atoms with Gasteiger partial charge < -0.3 is 15.2 Å². The first-order chi connectivity index (χ1) is 11.8. The molecular weight excluding hydrogens is 302 g/mol. The van der Waals surface area contributed by atoms with Crippen LogP contribution in [-0.2, 0) is 13.2 Å². The molecule has 0 aliphatic rings. The molecule has 0 spiro atoms. The van der Waals surface area contributed by atoms with Gasteiger partial charge in [-0.25, -0.2) is 4.68 Å². The molecule has 0 radical (unpaired) electrons. The number of benzene rings is 2. The van der Waals surface area contributed by atoms with E-state index in [2.05, 4.69) is 22.5 Å². The van der Waals surface area contributed by atoms with E-state index in [9.17, 15) is 5.11 Å². The Bertz CT molecular complexity index is 785. The molecule has 3 rings (SSSR count). The fraction of sp³-hybridized carbons (Fsp3) is 0.211. The molecule has 0 amide bonds. The highest BCUT2D eigenvalue weighted by Crippen LogP contribution is 2.23. The minimum atomic E-state index is -0.0420. The van der Waals surface area contributed by atoms with Crippen LogP contribution in [-0.4, -0.2) is 21.5 Å². The van der Waals surface area contributed by atoms with Gasteiger partial charge in [-0.15, -0.1) is 0 Å². The standard InChI is InChI=1S/C19H21N3O2/c1-2-24-19-8-7-17(12-16(19)14-23)20-13-15-5-3-6-18(11-15)22-10-4-9-21-22/h3-12,20,23H,2,13-14H2,1H3. The summed E-state index contributed by atoms with van der Waals surface area (Å²) in [5, 5.41) is 17.1. The normalized spacial score (nSPS) is 10.6. The van der Waals surface area contributed by atoms with Crippen LogP contribution in [0.15, 0.2) is 60.9 Å². The molecule has 3 aromatic rings. The van der Waals surface area contributed by atoms with Crippen molar-refractivity contribution in [1.82, 2.24) is 9.78 Å². The molecule has 1 heterocycles. The van der Waals surface area contributed by atoms with Crippen LogP contribution in [0.5, 0.6) is 5.75 Å². The zero-order valence-electron chi connectivity index (χ0n) is 13.6. The van der Waals surface area contributed by atoms with Crippen molar-refractivity contribution in [3.63, 3.8) is 0 Å². The maximum Gasteiger partial charge on any atom is 0.124 e. The first-order valence-corrected chi connectivity index (χ1v) is 7.99. The van der Waals surface area contributed by atoms with Crippen molar-refractivity contribution >= 4 is 5.69 Å². The number of ether oxygens (including phenoxy) is 1. The summed E-state index contributed by atoms with van der Waals surface area (Å²) in [5.74, 6) is 0.728. The molecule has 5 heteroatoms. The number of aliphatic hydroxyl groups excluding tert-OH is 1. The summed E-state index contributed by atoms with van der Waals surface area (Å²) in [7, 11) is 0. The molecule has 2 aromatic carbocycles. The van der Waals surface area contributed by atoms with Crippen molar-refractivity contribution in [3.8, 4) is 11.4 Å². The monoisotopic (exact) mass is 323 g/mol. The van der Waals surface area contributed by atoms with Gasteiger partial charge in [0.05, 0.1) is 18.9 Å². The maximum atomic E-state index is 9.48. The molecule has 0 atom stereocenters. The van der Waals surface area contributed by atoms with E-state index in [0.29, 0.717) is 13.2 Å². The summed E-state index contributed by atoms with van der Waals surface area (Å²) in [5.41, 5.74) is 3.92. The molecule has 0 saturated carbocycles. The number of aliphatic hydroxyl groups is 1. The van der Waals surface area contributed by atoms with E-state index in [-0.39, 0.29) is 6.61 Å². The summed E-state index contributed by atoms with van der Waals surface area (Å²) in [6, 6.07) is 15.9. The first-order valence-electron chi connectivity index (χ1n) is 7.99. The lowest BCUT2D eigenvalue weighted by Gasteiger charge is -2.12. The number of nitrogens with one attached hydrogen (secondary N) is 1. The molecule has 0 fully saturated rings. The number of nitrogens with zero attached hydrogens (tertiary/aromatic N) is 2. The highest BCUT2D eigenvalue weighted by atomic mass is 16.5. The van der Waals surface area contributed by atoms with Crippen molar-refractivity contribution in [2.75, 3.05) is 11.9 Å². The van der Waals surface area contributed by atoms with Gasteiger partial charge in [0.15, 0.2) is 0 Å². The highest BCUT2D eigenvalue weighted by Gasteiger charge is 2.05. The van der Waals surface area contributed by atoms with E-state index in [1.54, 1.807) is 6.20 Å². The minimum absolute atomic E-state index is 0.0420. The topological polar surface area (TPSA) is 59.3 Å². The summed E-state index contributed by atoms with van der Waals surface area (Å²) < 4.78 is 7.34. The van der Waals surface area contributed by atoms with Crippen LogP contribution >= 0.6 is 0 Å². The van der Waals surface area contributed by atoms with E-state index in [4.69, 9.17) is 4.74 Å². The van der Waals surface area contributed by atoms with E-state index < -0.39 is 0 Å². The zero-order valence-corrected chi connectivity index (χ0v) is 13.6. The van der Waals surface area contributed by atoms with Gasteiger partial charge in [0.2, 0.25) is 0 Å². The fourth-order valence-corrected chi connectivity index (χ4v) is 2.54. The van der Waals surface area contributed by atoms with Gasteiger partial charge in [-0.1, -0.05) is 12.1 Å². The molecule has 0 bridgehead atoms. The highest BCUT2D eigenvalue weighted by molar-refractivity contribution is 5.51. The molecule has 124 valence electrons. The summed E-state index contributed by atoms with van der Waals surface area (Å²) in [4.78, 5) is 0. The second-order valence-corrected chi connectivity index (χ2v) is 5.39. The lowest BCUT2D eigenvalue weighted by Crippen LogP contribution is -2.03. The van der Waals surface area contributed by atoms with Crippen LogP contribution in [0, 0.1) is 0 Å². The average molecular weight is 323 g/mol. The van der Waals surface area contributed by atoms with Crippen LogP contribution < -0.4 is 10.1 Å². The maximum absolute atomic E-state index is 9.48. The van der Waals surface area contributed by atoms with E-state index in [0.717, 1.165) is 28.3 Å². The van der Waals surface area contributed by atoms with Crippen molar-refractivity contribution in [3.05, 3.63) is 72.1 Å². The molecule has 0 aliphatic heterocycles. The van der Waals surface area contributed by atoms with Gasteiger partial charge in [-0.05, 0) is 48.9 Å². The van der Waals surface area contributed by atoms with Gasteiger partial charge in [0.1, 0.15) is 5.75 Å². The van der Waals surface area contributed by atoms with Crippen LogP contribution in [0.2, 0.25) is 0 Å². The molecule has 0 saturated heterocycles. The lowest BCUT2D eigenvalue weighted by atomic mass is 10.1. The summed E-state index contributed by atoms with van der Waals surface area (Å²) in [6.07, 6.45) is 3.69. The van der Waals surface area contributed by atoms with E-state index >= 15 is 0 Å². The quantitative estimate of drug-likeness (QED) is 0.700. The van der Waals surface area contributed by atoms with Crippen LogP contribution in [0.3, 0.4) is 0 Å². The van der Waals surface area contributed by atoms with Gasteiger partial charge >= 0.3 is 0 Å². The SMILES string of the molecule is CCOc1ccc(NCc2cccc(-n3cccn3)c2)cc1CO. The van der Waals surface area contributed by atoms with E-state index in [1.807, 2.05) is 54.2 Å². The number of hydrogen-bond donors (Lipinski definition) is 2. The van der Waals surface area contributed by atoms with Crippen molar-refractivity contribution in [2.45, 2.75) is 20.1 Å². The first kappa shape index (κ1) is 16.1. The van der Waals surface area contributed by atoms with Crippen LogP contribution in [0.1, 0.15) is 18.1 Å².